The van der Waals surface area contributed by atoms with Crippen molar-refractivity contribution in [3.63, 3.8) is 0 Å². The number of anilines is 1. The second-order valence-electron chi connectivity index (χ2n) is 6.65. The number of nitrogens with one attached hydrogen (secondary N) is 1. The van der Waals surface area contributed by atoms with E-state index >= 15 is 0 Å². The molecule has 0 aliphatic heterocycles. The van der Waals surface area contributed by atoms with Crippen LogP contribution < -0.4 is 5.32 Å². The Morgan fingerprint density at radius 1 is 1.20 bits per heavy atom. The average molecular weight is 361 g/mol. The van der Waals surface area contributed by atoms with E-state index in [2.05, 4.69) is 5.32 Å². The molecule has 0 heterocycles. The predicted octanol–water partition coefficient (Wildman–Crippen LogP) is 4.70. The molecule has 132 valence electrons. The van der Waals surface area contributed by atoms with Crippen molar-refractivity contribution in [2.45, 2.75) is 39.3 Å². The van der Waals surface area contributed by atoms with Crippen LogP contribution in [0.25, 0.3) is 0 Å². The van der Waals surface area contributed by atoms with Crippen LogP contribution >= 0.6 is 11.6 Å². The molecule has 1 aliphatic carbocycles. The second-order valence-corrected chi connectivity index (χ2v) is 7.06. The number of aryl methyl sites for hydroxylation is 2. The summed E-state index contributed by atoms with van der Waals surface area (Å²) in [6.07, 6.45) is 2.06. The van der Waals surface area contributed by atoms with Gasteiger partial charge in [-0.05, 0) is 49.9 Å². The monoisotopic (exact) mass is 360 g/mol. The van der Waals surface area contributed by atoms with E-state index in [0.29, 0.717) is 23.2 Å². The molecule has 3 rings (SSSR count). The molecule has 1 amide bonds. The van der Waals surface area contributed by atoms with Gasteiger partial charge in [-0.25, -0.2) is 4.39 Å². The van der Waals surface area contributed by atoms with Gasteiger partial charge >= 0.3 is 0 Å². The summed E-state index contributed by atoms with van der Waals surface area (Å²) in [6, 6.07) is 10.9. The van der Waals surface area contributed by atoms with Crippen molar-refractivity contribution in [1.29, 1.82) is 0 Å². The normalized spacial score (nSPS) is 14.0. The Balaban J connectivity index is 1.71. The Labute approximate surface area is 152 Å². The number of nitrogens with zero attached hydrogens (tertiary/aromatic N) is 1. The summed E-state index contributed by atoms with van der Waals surface area (Å²) in [5.41, 5.74) is 3.37. The number of carbonyl (C=O) groups excluding carboxylic acids is 1. The standard InChI is InChI=1S/C20H22ClFN2O/c1-13-5-3-6-14(2)20(13)23-19(25)12-24(15-9-10-15)11-16-17(21)7-4-8-18(16)22/h3-8,15H,9-12H2,1-2H3,(H,23,25). The van der Waals surface area contributed by atoms with Crippen LogP contribution in [-0.2, 0) is 11.3 Å². The smallest absolute Gasteiger partial charge is 0.238 e. The number of rotatable bonds is 6. The lowest BCUT2D eigenvalue weighted by Gasteiger charge is -2.23. The average Bonchev–Trinajstić information content (AvgIpc) is 3.38. The maximum absolute atomic E-state index is 14.1. The van der Waals surface area contributed by atoms with Crippen LogP contribution in [0.1, 0.15) is 29.5 Å². The summed E-state index contributed by atoms with van der Waals surface area (Å²) >= 11 is 6.14. The molecule has 25 heavy (non-hydrogen) atoms. The Kier molecular flexibility index (Phi) is 5.40. The third-order valence-electron chi connectivity index (χ3n) is 4.58. The molecule has 3 nitrogen and oxygen atoms in total. The highest BCUT2D eigenvalue weighted by Crippen LogP contribution is 2.30. The molecule has 2 aromatic rings. The van der Waals surface area contributed by atoms with Gasteiger partial charge in [0.2, 0.25) is 5.91 Å². The van der Waals surface area contributed by atoms with Gasteiger partial charge in [0.15, 0.2) is 0 Å². The lowest BCUT2D eigenvalue weighted by molar-refractivity contribution is -0.117. The Hall–Kier alpha value is -1.91. The largest absolute Gasteiger partial charge is 0.324 e. The molecule has 0 unspecified atom stereocenters. The molecule has 0 atom stereocenters. The van der Waals surface area contributed by atoms with Crippen LogP contribution in [0.5, 0.6) is 0 Å². The Morgan fingerprint density at radius 2 is 1.84 bits per heavy atom. The number of hydrogen-bond donors (Lipinski definition) is 1. The van der Waals surface area contributed by atoms with E-state index in [1.165, 1.54) is 6.07 Å². The SMILES string of the molecule is Cc1cccc(C)c1NC(=O)CN(Cc1c(F)cccc1Cl)C1CC1. The molecule has 2 aromatic carbocycles. The van der Waals surface area contributed by atoms with Crippen molar-refractivity contribution in [2.24, 2.45) is 0 Å². The van der Waals surface area contributed by atoms with E-state index in [1.54, 1.807) is 12.1 Å². The number of benzene rings is 2. The van der Waals surface area contributed by atoms with Crippen molar-refractivity contribution in [1.82, 2.24) is 4.90 Å². The molecule has 1 N–H and O–H groups in total. The summed E-state index contributed by atoms with van der Waals surface area (Å²) in [5, 5.41) is 3.40. The number of halogens is 2. The van der Waals surface area contributed by atoms with Gasteiger partial charge in [0, 0.05) is 28.9 Å². The first-order chi connectivity index (χ1) is 12.0. The van der Waals surface area contributed by atoms with Crippen molar-refractivity contribution >= 4 is 23.2 Å². The molecule has 5 heteroatoms. The minimum Gasteiger partial charge on any atom is -0.324 e. The molecule has 0 saturated heterocycles. The van der Waals surface area contributed by atoms with Crippen LogP contribution in [0.15, 0.2) is 36.4 Å². The molecular weight excluding hydrogens is 339 g/mol. The van der Waals surface area contributed by atoms with Gasteiger partial charge in [0.1, 0.15) is 5.82 Å². The molecule has 0 bridgehead atoms. The number of amides is 1. The van der Waals surface area contributed by atoms with E-state index < -0.39 is 0 Å². The van der Waals surface area contributed by atoms with Crippen LogP contribution in [0.4, 0.5) is 10.1 Å². The first-order valence-electron chi connectivity index (χ1n) is 8.48. The molecule has 0 spiro atoms. The molecule has 1 fully saturated rings. The third-order valence-corrected chi connectivity index (χ3v) is 4.93. The van der Waals surface area contributed by atoms with E-state index in [-0.39, 0.29) is 18.3 Å². The van der Waals surface area contributed by atoms with Crippen LogP contribution in [0.3, 0.4) is 0 Å². The van der Waals surface area contributed by atoms with Gasteiger partial charge in [0.25, 0.3) is 0 Å². The molecule has 1 saturated carbocycles. The van der Waals surface area contributed by atoms with Gasteiger partial charge in [-0.3, -0.25) is 9.69 Å². The highest BCUT2D eigenvalue weighted by molar-refractivity contribution is 6.31. The fraction of sp³-hybridized carbons (Fsp3) is 0.350. The second kappa shape index (κ2) is 7.54. The lowest BCUT2D eigenvalue weighted by atomic mass is 10.1. The van der Waals surface area contributed by atoms with Crippen LogP contribution in [-0.4, -0.2) is 23.4 Å². The maximum atomic E-state index is 14.1. The first kappa shape index (κ1) is 17.9. The van der Waals surface area contributed by atoms with Gasteiger partial charge in [-0.1, -0.05) is 35.9 Å². The first-order valence-corrected chi connectivity index (χ1v) is 8.86. The molecule has 1 aliphatic rings. The zero-order valence-electron chi connectivity index (χ0n) is 14.5. The number of carbonyl (C=O) groups is 1. The van der Waals surface area contributed by atoms with Crippen molar-refractivity contribution < 1.29 is 9.18 Å². The van der Waals surface area contributed by atoms with Crippen LogP contribution in [0, 0.1) is 19.7 Å². The summed E-state index contributed by atoms with van der Waals surface area (Å²) in [5.74, 6) is -0.412. The van der Waals surface area contributed by atoms with E-state index in [0.717, 1.165) is 29.7 Å². The zero-order valence-corrected chi connectivity index (χ0v) is 15.2. The zero-order chi connectivity index (χ0) is 18.0. The summed E-state index contributed by atoms with van der Waals surface area (Å²) in [4.78, 5) is 14.5. The van der Waals surface area contributed by atoms with Crippen molar-refractivity contribution in [3.8, 4) is 0 Å². The molecular formula is C20H22ClFN2O. The summed E-state index contributed by atoms with van der Waals surface area (Å²) in [7, 11) is 0. The van der Waals surface area contributed by atoms with Crippen molar-refractivity contribution in [2.75, 3.05) is 11.9 Å². The minimum absolute atomic E-state index is 0.0863. The fourth-order valence-corrected chi connectivity index (χ4v) is 3.24. The van der Waals surface area contributed by atoms with Crippen LogP contribution in [0.2, 0.25) is 5.02 Å². The van der Waals surface area contributed by atoms with Crippen molar-refractivity contribution in [3.05, 3.63) is 63.9 Å². The van der Waals surface area contributed by atoms with Gasteiger partial charge < -0.3 is 5.32 Å². The number of hydrogen-bond acceptors (Lipinski definition) is 2. The Morgan fingerprint density at radius 3 is 2.44 bits per heavy atom. The summed E-state index contributed by atoms with van der Waals surface area (Å²) < 4.78 is 14.1. The molecule has 0 aromatic heterocycles. The lowest BCUT2D eigenvalue weighted by Crippen LogP contribution is -2.35. The highest BCUT2D eigenvalue weighted by atomic mass is 35.5. The predicted molar refractivity (Wildman–Crippen MR) is 99.4 cm³/mol. The van der Waals surface area contributed by atoms with E-state index in [4.69, 9.17) is 11.6 Å². The number of para-hydroxylation sites is 1. The summed E-state index contributed by atoms with van der Waals surface area (Å²) in [6.45, 7) is 4.51. The molecule has 0 radical (unpaired) electrons. The third kappa shape index (κ3) is 4.39. The topological polar surface area (TPSA) is 32.3 Å². The fourth-order valence-electron chi connectivity index (χ4n) is 3.02. The Bertz CT molecular complexity index is 749. The van der Waals surface area contributed by atoms with E-state index in [1.807, 2.05) is 36.9 Å². The van der Waals surface area contributed by atoms with E-state index in [9.17, 15) is 9.18 Å². The quantitative estimate of drug-likeness (QED) is 0.809. The minimum atomic E-state index is -0.326. The maximum Gasteiger partial charge on any atom is 0.238 e. The van der Waals surface area contributed by atoms with Gasteiger partial charge in [0.05, 0.1) is 6.54 Å². The van der Waals surface area contributed by atoms with Gasteiger partial charge in [-0.15, -0.1) is 0 Å². The highest BCUT2D eigenvalue weighted by Gasteiger charge is 2.31. The van der Waals surface area contributed by atoms with Gasteiger partial charge in [-0.2, -0.15) is 0 Å².